The molecule has 1 aliphatic heterocycles. The number of fused-ring (bicyclic) bond motifs is 1. The molecule has 0 spiro atoms. The van der Waals surface area contributed by atoms with E-state index in [1.165, 1.54) is 10.4 Å². The number of rotatable bonds is 5. The van der Waals surface area contributed by atoms with Crippen LogP contribution in [0.2, 0.25) is 0 Å². The standard InChI is InChI=1S/C20H29N5O3S/c1-6-28-15(26)11-21-20(27)25-9-7-24(8-10-25)18-16-13(4)14(5)29-19(16)23-17(22-18)12(2)3/h12H,6-11H2,1-5H3,(H,21,27). The molecular formula is C20H29N5O3S. The second-order valence-electron chi connectivity index (χ2n) is 7.46. The van der Waals surface area contributed by atoms with E-state index in [2.05, 4.69) is 37.9 Å². The van der Waals surface area contributed by atoms with Gasteiger partial charge in [-0.3, -0.25) is 4.79 Å². The van der Waals surface area contributed by atoms with Gasteiger partial charge < -0.3 is 19.9 Å². The van der Waals surface area contributed by atoms with Crippen molar-refractivity contribution in [1.29, 1.82) is 0 Å². The maximum Gasteiger partial charge on any atom is 0.325 e. The number of urea groups is 1. The van der Waals surface area contributed by atoms with Gasteiger partial charge in [0.1, 0.15) is 23.0 Å². The van der Waals surface area contributed by atoms with Crippen LogP contribution < -0.4 is 10.2 Å². The minimum absolute atomic E-state index is 0.107. The number of nitrogens with zero attached hydrogens (tertiary/aromatic N) is 4. The van der Waals surface area contributed by atoms with E-state index in [1.807, 2.05) is 0 Å². The molecule has 2 amide bonds. The molecule has 0 aliphatic carbocycles. The highest BCUT2D eigenvalue weighted by molar-refractivity contribution is 7.18. The zero-order valence-corrected chi connectivity index (χ0v) is 18.6. The maximum absolute atomic E-state index is 12.3. The monoisotopic (exact) mass is 419 g/mol. The van der Waals surface area contributed by atoms with E-state index >= 15 is 0 Å². The minimum atomic E-state index is -0.424. The molecule has 1 saturated heterocycles. The highest BCUT2D eigenvalue weighted by Crippen LogP contribution is 2.36. The first-order valence-corrected chi connectivity index (χ1v) is 10.8. The maximum atomic E-state index is 12.3. The van der Waals surface area contributed by atoms with E-state index in [1.54, 1.807) is 23.2 Å². The van der Waals surface area contributed by atoms with E-state index in [0.29, 0.717) is 32.8 Å². The summed E-state index contributed by atoms with van der Waals surface area (Å²) >= 11 is 1.71. The number of anilines is 1. The highest BCUT2D eigenvalue weighted by atomic mass is 32.1. The average Bonchev–Trinajstić information content (AvgIpc) is 2.99. The normalized spacial score (nSPS) is 14.6. The summed E-state index contributed by atoms with van der Waals surface area (Å²) in [6, 6.07) is -0.240. The van der Waals surface area contributed by atoms with Crippen molar-refractivity contribution in [3.8, 4) is 0 Å². The minimum Gasteiger partial charge on any atom is -0.465 e. The number of nitrogens with one attached hydrogen (secondary N) is 1. The van der Waals surface area contributed by atoms with Gasteiger partial charge in [0, 0.05) is 37.0 Å². The number of carbonyl (C=O) groups is 2. The van der Waals surface area contributed by atoms with Gasteiger partial charge in [0.25, 0.3) is 0 Å². The highest BCUT2D eigenvalue weighted by Gasteiger charge is 2.26. The molecule has 29 heavy (non-hydrogen) atoms. The Bertz CT molecular complexity index is 903. The average molecular weight is 420 g/mol. The lowest BCUT2D eigenvalue weighted by atomic mass is 10.1. The molecule has 9 heteroatoms. The molecule has 1 N–H and O–H groups in total. The quantitative estimate of drug-likeness (QED) is 0.750. The molecule has 0 saturated carbocycles. The van der Waals surface area contributed by atoms with Gasteiger partial charge in [0.15, 0.2) is 0 Å². The number of aryl methyl sites for hydroxylation is 2. The molecule has 158 valence electrons. The van der Waals surface area contributed by atoms with Crippen molar-refractivity contribution < 1.29 is 14.3 Å². The Morgan fingerprint density at radius 2 is 1.86 bits per heavy atom. The zero-order chi connectivity index (χ0) is 21.1. The first-order valence-electron chi connectivity index (χ1n) is 10.0. The van der Waals surface area contributed by atoms with Gasteiger partial charge in [-0.1, -0.05) is 13.8 Å². The van der Waals surface area contributed by atoms with E-state index < -0.39 is 5.97 Å². The number of amides is 2. The van der Waals surface area contributed by atoms with Crippen LogP contribution in [-0.2, 0) is 9.53 Å². The van der Waals surface area contributed by atoms with Gasteiger partial charge >= 0.3 is 12.0 Å². The molecule has 0 aromatic carbocycles. The van der Waals surface area contributed by atoms with Crippen LogP contribution in [0.1, 0.15) is 43.0 Å². The van der Waals surface area contributed by atoms with Gasteiger partial charge in [-0.05, 0) is 26.3 Å². The third kappa shape index (κ3) is 4.60. The van der Waals surface area contributed by atoms with Gasteiger partial charge in [0.05, 0.1) is 12.0 Å². The number of ether oxygens (including phenoxy) is 1. The van der Waals surface area contributed by atoms with Crippen LogP contribution in [0, 0.1) is 13.8 Å². The van der Waals surface area contributed by atoms with Crippen LogP contribution >= 0.6 is 11.3 Å². The molecule has 1 fully saturated rings. The number of carbonyl (C=O) groups excluding carboxylic acids is 2. The summed E-state index contributed by atoms with van der Waals surface area (Å²) in [5, 5.41) is 3.75. The molecule has 0 unspecified atom stereocenters. The van der Waals surface area contributed by atoms with Crippen molar-refractivity contribution >= 4 is 39.4 Å². The molecule has 0 bridgehead atoms. The van der Waals surface area contributed by atoms with Gasteiger partial charge in [-0.2, -0.15) is 0 Å². The Labute approximate surface area is 175 Å². The zero-order valence-electron chi connectivity index (χ0n) is 17.7. The molecular weight excluding hydrogens is 390 g/mol. The number of hydrogen-bond acceptors (Lipinski definition) is 7. The molecule has 0 atom stereocenters. The molecule has 2 aromatic rings. The Balaban J connectivity index is 1.73. The third-order valence-electron chi connectivity index (χ3n) is 5.10. The summed E-state index contributed by atoms with van der Waals surface area (Å²) in [6.45, 7) is 12.9. The van der Waals surface area contributed by atoms with Gasteiger partial charge in [0.2, 0.25) is 0 Å². The lowest BCUT2D eigenvalue weighted by molar-refractivity contribution is -0.141. The second-order valence-corrected chi connectivity index (χ2v) is 8.66. The largest absolute Gasteiger partial charge is 0.465 e. The van der Waals surface area contributed by atoms with Crippen LogP contribution in [0.4, 0.5) is 10.6 Å². The van der Waals surface area contributed by atoms with Crippen molar-refractivity contribution in [2.24, 2.45) is 0 Å². The van der Waals surface area contributed by atoms with Crippen molar-refractivity contribution in [1.82, 2.24) is 20.2 Å². The van der Waals surface area contributed by atoms with E-state index in [-0.39, 0.29) is 18.5 Å². The second kappa shape index (κ2) is 8.94. The number of hydrogen-bond donors (Lipinski definition) is 1. The summed E-state index contributed by atoms with van der Waals surface area (Å²) in [5.41, 5.74) is 1.23. The Hall–Kier alpha value is -2.42. The molecule has 3 rings (SSSR count). The van der Waals surface area contributed by atoms with Crippen LogP contribution in [0.15, 0.2) is 0 Å². The van der Waals surface area contributed by atoms with E-state index in [0.717, 1.165) is 21.9 Å². The first kappa shape index (κ1) is 21.3. The predicted octanol–water partition coefficient (Wildman–Crippen LogP) is 2.83. The van der Waals surface area contributed by atoms with Gasteiger partial charge in [-0.25, -0.2) is 14.8 Å². The van der Waals surface area contributed by atoms with E-state index in [9.17, 15) is 9.59 Å². The van der Waals surface area contributed by atoms with Crippen molar-refractivity contribution in [2.45, 2.75) is 40.5 Å². The Morgan fingerprint density at radius 3 is 2.48 bits per heavy atom. The first-order chi connectivity index (χ1) is 13.8. The number of thiophene rings is 1. The number of piperazine rings is 1. The molecule has 2 aromatic heterocycles. The van der Waals surface area contributed by atoms with Crippen LogP contribution in [0.25, 0.3) is 10.2 Å². The molecule has 0 radical (unpaired) electrons. The topological polar surface area (TPSA) is 87.7 Å². The smallest absolute Gasteiger partial charge is 0.325 e. The van der Waals surface area contributed by atoms with E-state index in [4.69, 9.17) is 14.7 Å². The fourth-order valence-electron chi connectivity index (χ4n) is 3.32. The van der Waals surface area contributed by atoms with Crippen LogP contribution in [-0.4, -0.2) is 66.2 Å². The summed E-state index contributed by atoms with van der Waals surface area (Å²) in [7, 11) is 0. The summed E-state index contributed by atoms with van der Waals surface area (Å²) in [5.74, 6) is 1.64. The van der Waals surface area contributed by atoms with Crippen molar-refractivity contribution in [2.75, 3.05) is 44.2 Å². The number of esters is 1. The van der Waals surface area contributed by atoms with Crippen molar-refractivity contribution in [3.63, 3.8) is 0 Å². The summed E-state index contributed by atoms with van der Waals surface area (Å²) < 4.78 is 4.85. The van der Waals surface area contributed by atoms with Crippen molar-refractivity contribution in [3.05, 3.63) is 16.3 Å². The van der Waals surface area contributed by atoms with Crippen LogP contribution in [0.3, 0.4) is 0 Å². The molecule has 8 nitrogen and oxygen atoms in total. The lowest BCUT2D eigenvalue weighted by Gasteiger charge is -2.35. The Kier molecular flexibility index (Phi) is 6.56. The fraction of sp³-hybridized carbons (Fsp3) is 0.600. The molecule has 3 heterocycles. The lowest BCUT2D eigenvalue weighted by Crippen LogP contribution is -2.52. The number of aromatic nitrogens is 2. The van der Waals surface area contributed by atoms with Gasteiger partial charge in [-0.15, -0.1) is 11.3 Å². The SMILES string of the molecule is CCOC(=O)CNC(=O)N1CCN(c2nc(C(C)C)nc3sc(C)c(C)c23)CC1. The predicted molar refractivity (Wildman–Crippen MR) is 115 cm³/mol. The Morgan fingerprint density at radius 1 is 1.17 bits per heavy atom. The summed E-state index contributed by atoms with van der Waals surface area (Å²) in [4.78, 5) is 39.7. The summed E-state index contributed by atoms with van der Waals surface area (Å²) in [6.07, 6.45) is 0. The van der Waals surface area contributed by atoms with Crippen LogP contribution in [0.5, 0.6) is 0 Å². The molecule has 1 aliphatic rings. The fourth-order valence-corrected chi connectivity index (χ4v) is 4.36. The third-order valence-corrected chi connectivity index (χ3v) is 6.20.